The summed E-state index contributed by atoms with van der Waals surface area (Å²) in [6.07, 6.45) is 3.00. The molecular formula is C16H22N8O2. The minimum atomic E-state index is -0.322. The average molecular weight is 358 g/mol. The number of carbonyl (C=O) groups excluding carboxylic acids is 1. The Kier molecular flexibility index (Phi) is 5.52. The summed E-state index contributed by atoms with van der Waals surface area (Å²) in [5, 5.41) is 2.78. The van der Waals surface area contributed by atoms with Crippen molar-refractivity contribution in [2.45, 2.75) is 13.5 Å². The van der Waals surface area contributed by atoms with Gasteiger partial charge in [-0.05, 0) is 6.92 Å². The first kappa shape index (κ1) is 17.9. The van der Waals surface area contributed by atoms with E-state index in [9.17, 15) is 4.79 Å². The van der Waals surface area contributed by atoms with E-state index in [1.807, 2.05) is 25.9 Å². The van der Waals surface area contributed by atoms with E-state index in [0.717, 1.165) is 18.8 Å². The number of rotatable bonds is 5. The maximum absolute atomic E-state index is 12.2. The first-order valence-electron chi connectivity index (χ1n) is 8.35. The molecule has 0 bridgehead atoms. The normalized spacial score (nSPS) is 14.2. The highest BCUT2D eigenvalue weighted by molar-refractivity contribution is 5.91. The summed E-state index contributed by atoms with van der Waals surface area (Å²) in [6, 6.07) is 0. The molecule has 0 unspecified atom stereocenters. The highest BCUT2D eigenvalue weighted by Crippen LogP contribution is 2.14. The summed E-state index contributed by atoms with van der Waals surface area (Å²) in [5.74, 6) is 1.29. The number of amides is 1. The molecule has 0 atom stereocenters. The van der Waals surface area contributed by atoms with Gasteiger partial charge < -0.3 is 19.9 Å². The molecule has 3 heterocycles. The summed E-state index contributed by atoms with van der Waals surface area (Å²) in [6.45, 7) is 4.72. The molecule has 10 nitrogen and oxygen atoms in total. The molecule has 0 aromatic carbocycles. The first-order chi connectivity index (χ1) is 12.5. The minimum Gasteiger partial charge on any atom is -0.378 e. The van der Waals surface area contributed by atoms with Gasteiger partial charge in [-0.1, -0.05) is 0 Å². The van der Waals surface area contributed by atoms with Crippen molar-refractivity contribution in [1.82, 2.24) is 30.2 Å². The number of anilines is 2. The summed E-state index contributed by atoms with van der Waals surface area (Å²) < 4.78 is 5.37. The zero-order valence-electron chi connectivity index (χ0n) is 15.1. The van der Waals surface area contributed by atoms with Crippen LogP contribution in [0.4, 0.5) is 11.9 Å². The van der Waals surface area contributed by atoms with Crippen LogP contribution in [0.25, 0.3) is 0 Å². The van der Waals surface area contributed by atoms with E-state index >= 15 is 0 Å². The molecule has 2 aromatic heterocycles. The molecule has 1 N–H and O–H groups in total. The zero-order chi connectivity index (χ0) is 18.5. The third kappa shape index (κ3) is 4.39. The van der Waals surface area contributed by atoms with Gasteiger partial charge in [-0.15, -0.1) is 0 Å². The highest BCUT2D eigenvalue weighted by Gasteiger charge is 2.18. The number of hydrogen-bond donors (Lipinski definition) is 1. The molecule has 26 heavy (non-hydrogen) atoms. The fraction of sp³-hybridized carbons (Fsp3) is 0.500. The smallest absolute Gasteiger partial charge is 0.271 e. The van der Waals surface area contributed by atoms with Crippen LogP contribution < -0.4 is 15.1 Å². The van der Waals surface area contributed by atoms with Crippen molar-refractivity contribution < 1.29 is 9.53 Å². The molecule has 1 aliphatic heterocycles. The molecule has 1 aliphatic rings. The van der Waals surface area contributed by atoms with Crippen LogP contribution in [-0.4, -0.2) is 71.2 Å². The van der Waals surface area contributed by atoms with Crippen molar-refractivity contribution in [1.29, 1.82) is 0 Å². The van der Waals surface area contributed by atoms with E-state index in [4.69, 9.17) is 4.74 Å². The van der Waals surface area contributed by atoms with E-state index in [-0.39, 0.29) is 18.1 Å². The van der Waals surface area contributed by atoms with E-state index in [1.54, 1.807) is 6.20 Å². The number of hydrogen-bond acceptors (Lipinski definition) is 9. The summed E-state index contributed by atoms with van der Waals surface area (Å²) in [7, 11) is 3.73. The number of carbonyl (C=O) groups is 1. The average Bonchev–Trinajstić information content (AvgIpc) is 2.67. The van der Waals surface area contributed by atoms with Gasteiger partial charge in [0.15, 0.2) is 5.82 Å². The molecular weight excluding hydrogens is 336 g/mol. The summed E-state index contributed by atoms with van der Waals surface area (Å²) >= 11 is 0. The number of morpholine rings is 1. The zero-order valence-corrected chi connectivity index (χ0v) is 15.1. The largest absolute Gasteiger partial charge is 0.378 e. The van der Waals surface area contributed by atoms with Gasteiger partial charge in [0, 0.05) is 33.4 Å². The number of aromatic nitrogens is 5. The molecule has 0 radical (unpaired) electrons. The van der Waals surface area contributed by atoms with Gasteiger partial charge in [0.1, 0.15) is 5.69 Å². The lowest BCUT2D eigenvalue weighted by Crippen LogP contribution is -2.38. The van der Waals surface area contributed by atoms with E-state index < -0.39 is 0 Å². The Balaban J connectivity index is 1.74. The minimum absolute atomic E-state index is 0.176. The maximum Gasteiger partial charge on any atom is 0.271 e. The van der Waals surface area contributed by atoms with Crippen molar-refractivity contribution in [3.63, 3.8) is 0 Å². The molecule has 1 amide bonds. The molecule has 0 aliphatic carbocycles. The molecule has 0 saturated carbocycles. The van der Waals surface area contributed by atoms with Gasteiger partial charge in [-0.3, -0.25) is 9.78 Å². The Morgan fingerprint density at radius 3 is 2.62 bits per heavy atom. The molecule has 0 spiro atoms. The lowest BCUT2D eigenvalue weighted by atomic mass is 10.4. The molecule has 10 heteroatoms. The SMILES string of the molecule is Cc1cnc(C(=O)NCc2nc(N(C)C)nc(N3CCOCC3)n2)cn1. The first-order valence-corrected chi connectivity index (χ1v) is 8.35. The monoisotopic (exact) mass is 358 g/mol. The van der Waals surface area contributed by atoms with E-state index in [1.165, 1.54) is 6.20 Å². The van der Waals surface area contributed by atoms with Crippen LogP contribution in [0.5, 0.6) is 0 Å². The lowest BCUT2D eigenvalue weighted by Gasteiger charge is -2.27. The number of aryl methyl sites for hydroxylation is 1. The predicted molar refractivity (Wildman–Crippen MR) is 95.1 cm³/mol. The van der Waals surface area contributed by atoms with Gasteiger partial charge in [0.25, 0.3) is 5.91 Å². The molecule has 3 rings (SSSR count). The summed E-state index contributed by atoms with van der Waals surface area (Å²) in [5.41, 5.74) is 1.01. The Labute approximate surface area is 151 Å². The van der Waals surface area contributed by atoms with Gasteiger partial charge >= 0.3 is 0 Å². The van der Waals surface area contributed by atoms with Crippen molar-refractivity contribution in [3.8, 4) is 0 Å². The van der Waals surface area contributed by atoms with Crippen LogP contribution in [-0.2, 0) is 11.3 Å². The van der Waals surface area contributed by atoms with Crippen LogP contribution in [0, 0.1) is 6.92 Å². The van der Waals surface area contributed by atoms with Crippen LogP contribution in [0.1, 0.15) is 22.0 Å². The van der Waals surface area contributed by atoms with Crippen molar-refractivity contribution >= 4 is 17.8 Å². The quantitative estimate of drug-likeness (QED) is 0.777. The Bertz CT molecular complexity index is 759. The Morgan fingerprint density at radius 1 is 1.19 bits per heavy atom. The third-order valence-electron chi connectivity index (χ3n) is 3.77. The summed E-state index contributed by atoms with van der Waals surface area (Å²) in [4.78, 5) is 37.6. The second-order valence-electron chi connectivity index (χ2n) is 6.07. The third-order valence-corrected chi connectivity index (χ3v) is 3.77. The highest BCUT2D eigenvalue weighted by atomic mass is 16.5. The van der Waals surface area contributed by atoms with Crippen molar-refractivity contribution in [3.05, 3.63) is 29.6 Å². The Hall–Kier alpha value is -2.88. The molecule has 2 aromatic rings. The van der Waals surface area contributed by atoms with Crippen molar-refractivity contribution in [2.24, 2.45) is 0 Å². The van der Waals surface area contributed by atoms with E-state index in [2.05, 4.69) is 35.1 Å². The number of nitrogens with zero attached hydrogens (tertiary/aromatic N) is 7. The fourth-order valence-electron chi connectivity index (χ4n) is 2.34. The molecule has 138 valence electrons. The topological polar surface area (TPSA) is 109 Å². The standard InChI is InChI=1S/C16H22N8O2/c1-11-8-18-12(9-17-11)14(25)19-10-13-20-15(23(2)3)22-16(21-13)24-4-6-26-7-5-24/h8-9H,4-7,10H2,1-3H3,(H,19,25). The van der Waals surface area contributed by atoms with Crippen LogP contribution in [0.3, 0.4) is 0 Å². The maximum atomic E-state index is 12.2. The molecule has 1 fully saturated rings. The molecule has 1 saturated heterocycles. The van der Waals surface area contributed by atoms with Crippen LogP contribution in [0.2, 0.25) is 0 Å². The lowest BCUT2D eigenvalue weighted by molar-refractivity contribution is 0.0944. The fourth-order valence-corrected chi connectivity index (χ4v) is 2.34. The van der Waals surface area contributed by atoms with E-state index in [0.29, 0.717) is 30.9 Å². The van der Waals surface area contributed by atoms with Gasteiger partial charge in [0.05, 0.1) is 31.6 Å². The predicted octanol–water partition coefficient (Wildman–Crippen LogP) is -0.197. The van der Waals surface area contributed by atoms with Gasteiger partial charge in [0.2, 0.25) is 11.9 Å². The van der Waals surface area contributed by atoms with Crippen LogP contribution >= 0.6 is 0 Å². The number of ether oxygens (including phenoxy) is 1. The number of nitrogens with one attached hydrogen (secondary N) is 1. The second kappa shape index (κ2) is 8.00. The second-order valence-corrected chi connectivity index (χ2v) is 6.07. The van der Waals surface area contributed by atoms with Gasteiger partial charge in [-0.25, -0.2) is 4.98 Å². The van der Waals surface area contributed by atoms with Gasteiger partial charge in [-0.2, -0.15) is 15.0 Å². The van der Waals surface area contributed by atoms with Crippen LogP contribution in [0.15, 0.2) is 12.4 Å². The van der Waals surface area contributed by atoms with Crippen molar-refractivity contribution in [2.75, 3.05) is 50.2 Å². The Morgan fingerprint density at radius 2 is 1.96 bits per heavy atom.